The van der Waals surface area contributed by atoms with Gasteiger partial charge in [0.15, 0.2) is 0 Å². The molecular weight excluding hydrogens is 192 g/mol. The largest absolute Gasteiger partial charge is 0.474 e. The fourth-order valence-electron chi connectivity index (χ4n) is 0.439. The highest BCUT2D eigenvalue weighted by Gasteiger charge is 2.24. The lowest BCUT2D eigenvalue weighted by Crippen LogP contribution is -2.02. The van der Waals surface area contributed by atoms with Gasteiger partial charge in [0, 0.05) is 0 Å². The van der Waals surface area contributed by atoms with Gasteiger partial charge in [-0.05, 0) is 0 Å². The van der Waals surface area contributed by atoms with Gasteiger partial charge in [0.1, 0.15) is 8.75 Å². The zero-order valence-electron chi connectivity index (χ0n) is 4.59. The van der Waals surface area contributed by atoms with Crippen molar-refractivity contribution in [3.05, 3.63) is 0 Å². The summed E-state index contributed by atoms with van der Waals surface area (Å²) in [6, 6.07) is 0. The number of nitrogens with zero attached hydrogens (tertiary/aromatic N) is 2. The highest BCUT2D eigenvalue weighted by atomic mass is 32.3. The summed E-state index contributed by atoms with van der Waals surface area (Å²) in [4.78, 5) is 10.4. The lowest BCUT2D eigenvalue weighted by atomic mass is 11.6. The van der Waals surface area contributed by atoms with Gasteiger partial charge < -0.3 is 5.11 Å². The first-order valence-corrected chi connectivity index (χ1v) is 4.43. The Morgan fingerprint density at radius 1 is 1.40 bits per heavy atom. The molecule has 0 spiro atoms. The number of hydrogen-bond donors (Lipinski definition) is 4. The van der Waals surface area contributed by atoms with E-state index in [9.17, 15) is 4.79 Å². The Morgan fingerprint density at radius 2 is 1.80 bits per heavy atom. The molecule has 0 unspecified atom stereocenters. The van der Waals surface area contributed by atoms with Crippen molar-refractivity contribution in [1.29, 1.82) is 0 Å². The highest BCUT2D eigenvalue weighted by Crippen LogP contribution is 2.37. The highest BCUT2D eigenvalue weighted by molar-refractivity contribution is 8.65. The summed E-state index contributed by atoms with van der Waals surface area (Å²) in [5.41, 5.74) is 0. The average Bonchev–Trinajstić information content (AvgIpc) is 2.11. The SMILES string of the molecule is O=C(O)[SH]1C(S)=NN=C1S. The summed E-state index contributed by atoms with van der Waals surface area (Å²) < 4.78 is 0.486. The normalized spacial score (nSPS) is 20.4. The van der Waals surface area contributed by atoms with Crippen molar-refractivity contribution < 1.29 is 9.90 Å². The van der Waals surface area contributed by atoms with Crippen LogP contribution in [0.1, 0.15) is 0 Å². The van der Waals surface area contributed by atoms with Crippen LogP contribution >= 0.6 is 36.2 Å². The number of carbonyl (C=O) groups is 1. The number of carboxylic acid groups (broad SMARTS) is 1. The van der Waals surface area contributed by atoms with Gasteiger partial charge in [-0.1, -0.05) is 10.9 Å². The standard InChI is InChI=1S/C3H4N2O2S3/c6-3(7)10-1(8)4-5-2(10)9/h10H,(H,4,8)(H,5,9)(H,6,7). The molecule has 0 saturated carbocycles. The van der Waals surface area contributed by atoms with Gasteiger partial charge in [0.05, 0.1) is 0 Å². The third-order valence-electron chi connectivity index (χ3n) is 0.820. The number of thiol groups is 3. The Hall–Kier alpha value is -0.140. The second kappa shape index (κ2) is 2.85. The van der Waals surface area contributed by atoms with Crippen LogP contribution in [0.3, 0.4) is 0 Å². The van der Waals surface area contributed by atoms with Gasteiger partial charge in [0.2, 0.25) is 0 Å². The summed E-state index contributed by atoms with van der Waals surface area (Å²) in [6.45, 7) is 0. The van der Waals surface area contributed by atoms with Gasteiger partial charge in [0.25, 0.3) is 0 Å². The zero-order valence-corrected chi connectivity index (χ0v) is 7.27. The minimum absolute atomic E-state index is 0.243. The molecule has 0 aromatic rings. The van der Waals surface area contributed by atoms with Crippen LogP contribution in [0, 0.1) is 0 Å². The minimum Gasteiger partial charge on any atom is -0.474 e. The third kappa shape index (κ3) is 1.30. The van der Waals surface area contributed by atoms with Crippen molar-refractivity contribution in [1.82, 2.24) is 0 Å². The van der Waals surface area contributed by atoms with E-state index in [0.29, 0.717) is 0 Å². The molecule has 56 valence electrons. The van der Waals surface area contributed by atoms with Crippen molar-refractivity contribution in [2.75, 3.05) is 0 Å². The van der Waals surface area contributed by atoms with Crippen molar-refractivity contribution >= 4 is 50.2 Å². The molecule has 0 radical (unpaired) electrons. The van der Waals surface area contributed by atoms with Crippen molar-refractivity contribution in [3.8, 4) is 0 Å². The van der Waals surface area contributed by atoms with Crippen LogP contribution in [0.25, 0.3) is 0 Å². The van der Waals surface area contributed by atoms with Gasteiger partial charge >= 0.3 is 5.30 Å². The molecule has 0 atom stereocenters. The van der Waals surface area contributed by atoms with Gasteiger partial charge in [-0.25, -0.2) is 4.79 Å². The Morgan fingerprint density at radius 3 is 2.00 bits per heavy atom. The van der Waals surface area contributed by atoms with Crippen LogP contribution in [0.2, 0.25) is 0 Å². The summed E-state index contributed by atoms with van der Waals surface area (Å²) in [6.07, 6.45) is 0. The molecule has 1 aliphatic heterocycles. The van der Waals surface area contributed by atoms with Crippen LogP contribution in [-0.4, -0.2) is 19.2 Å². The summed E-state index contributed by atoms with van der Waals surface area (Å²) in [5.74, 6) is 0. The molecule has 1 rings (SSSR count). The van der Waals surface area contributed by atoms with E-state index in [2.05, 4.69) is 35.5 Å². The fourth-order valence-corrected chi connectivity index (χ4v) is 2.64. The van der Waals surface area contributed by atoms with Crippen LogP contribution in [0.5, 0.6) is 0 Å². The van der Waals surface area contributed by atoms with E-state index in [1.165, 1.54) is 0 Å². The maximum atomic E-state index is 10.4. The van der Waals surface area contributed by atoms with Gasteiger partial charge in [-0.2, -0.15) is 0 Å². The molecule has 1 aliphatic rings. The van der Waals surface area contributed by atoms with Crippen molar-refractivity contribution in [2.45, 2.75) is 0 Å². The molecule has 0 amide bonds. The Kier molecular flexibility index (Phi) is 2.27. The molecule has 4 nitrogen and oxygen atoms in total. The molecule has 0 saturated heterocycles. The van der Waals surface area contributed by atoms with E-state index in [0.717, 1.165) is 0 Å². The molecule has 1 N–H and O–H groups in total. The van der Waals surface area contributed by atoms with Crippen LogP contribution in [-0.2, 0) is 0 Å². The van der Waals surface area contributed by atoms with Crippen molar-refractivity contribution in [3.63, 3.8) is 0 Å². The second-order valence-electron chi connectivity index (χ2n) is 1.42. The molecule has 1 heterocycles. The number of hydrogen-bond acceptors (Lipinski definition) is 3. The van der Waals surface area contributed by atoms with E-state index in [1.54, 1.807) is 0 Å². The smallest absolute Gasteiger partial charge is 0.356 e. The monoisotopic (exact) mass is 196 g/mol. The summed E-state index contributed by atoms with van der Waals surface area (Å²) in [5, 5.41) is 14.5. The lowest BCUT2D eigenvalue weighted by molar-refractivity contribution is 0.222. The quantitative estimate of drug-likeness (QED) is 0.439. The molecule has 0 fully saturated rings. The van der Waals surface area contributed by atoms with Crippen LogP contribution in [0.4, 0.5) is 4.79 Å². The second-order valence-corrected chi connectivity index (χ2v) is 4.87. The topological polar surface area (TPSA) is 62.0 Å². The zero-order chi connectivity index (χ0) is 7.72. The molecule has 10 heavy (non-hydrogen) atoms. The first-order valence-electron chi connectivity index (χ1n) is 2.19. The minimum atomic E-state index is -1.48. The molecular formula is C3H4N2O2S3. The molecule has 0 bridgehead atoms. The molecule has 0 aliphatic carbocycles. The van der Waals surface area contributed by atoms with E-state index >= 15 is 0 Å². The maximum Gasteiger partial charge on any atom is 0.356 e. The van der Waals surface area contributed by atoms with E-state index in [-0.39, 0.29) is 8.75 Å². The first-order chi connectivity index (χ1) is 4.63. The molecule has 0 aromatic heterocycles. The first kappa shape index (κ1) is 7.96. The lowest BCUT2D eigenvalue weighted by Gasteiger charge is -2.05. The van der Waals surface area contributed by atoms with Gasteiger partial charge in [-0.15, -0.1) is 35.5 Å². The predicted molar refractivity (Wildman–Crippen MR) is 49.9 cm³/mol. The maximum absolute atomic E-state index is 10.4. The number of rotatable bonds is 0. The molecule has 0 aromatic carbocycles. The fraction of sp³-hybridized carbons (Fsp3) is 0. The van der Waals surface area contributed by atoms with Gasteiger partial charge in [-0.3, -0.25) is 0 Å². The predicted octanol–water partition coefficient (Wildman–Crippen LogP) is 1.17. The Labute approximate surface area is 70.6 Å². The summed E-state index contributed by atoms with van der Waals surface area (Å²) >= 11 is 7.64. The summed E-state index contributed by atoms with van der Waals surface area (Å²) in [7, 11) is -1.48. The Balaban J connectivity index is 2.86. The van der Waals surface area contributed by atoms with E-state index < -0.39 is 16.2 Å². The van der Waals surface area contributed by atoms with Crippen molar-refractivity contribution in [2.24, 2.45) is 10.2 Å². The third-order valence-corrected chi connectivity index (χ3v) is 3.56. The van der Waals surface area contributed by atoms with Crippen LogP contribution in [0.15, 0.2) is 10.2 Å². The molecule has 7 heteroatoms. The average molecular weight is 196 g/mol. The van der Waals surface area contributed by atoms with Crippen LogP contribution < -0.4 is 0 Å². The van der Waals surface area contributed by atoms with E-state index in [4.69, 9.17) is 5.11 Å². The Bertz CT molecular complexity index is 218. The van der Waals surface area contributed by atoms with E-state index in [1.807, 2.05) is 0 Å².